The van der Waals surface area contributed by atoms with Gasteiger partial charge in [-0.3, -0.25) is 4.79 Å². The van der Waals surface area contributed by atoms with Crippen molar-refractivity contribution >= 4 is 17.2 Å². The van der Waals surface area contributed by atoms with E-state index in [1.807, 2.05) is 26.0 Å². The number of carbonyl (C=O) groups excluding carboxylic acids is 1. The highest BCUT2D eigenvalue weighted by Crippen LogP contribution is 2.32. The molecule has 0 radical (unpaired) electrons. The first-order chi connectivity index (χ1) is 13.7. The van der Waals surface area contributed by atoms with Gasteiger partial charge in [0.25, 0.3) is 5.91 Å². The molecule has 148 valence electrons. The Balaban J connectivity index is 1.77. The molecule has 6 nitrogen and oxygen atoms in total. The van der Waals surface area contributed by atoms with E-state index in [0.29, 0.717) is 10.2 Å². The summed E-state index contributed by atoms with van der Waals surface area (Å²) in [7, 11) is 0. The number of furan rings is 1. The van der Waals surface area contributed by atoms with Crippen LogP contribution in [0.4, 0.5) is 18.9 Å². The number of amides is 1. The van der Waals surface area contributed by atoms with Crippen molar-refractivity contribution in [1.82, 2.24) is 14.6 Å². The lowest BCUT2D eigenvalue weighted by Gasteiger charge is -2.10. The molecule has 4 rings (SSSR count). The number of aromatic nitrogens is 3. The highest BCUT2D eigenvalue weighted by molar-refractivity contribution is 6.03. The molecule has 0 aliphatic rings. The first-order valence-electron chi connectivity index (χ1n) is 8.63. The number of aryl methyl sites for hydroxylation is 2. The standard InChI is InChI=1S/C20H15F3N4O2/c1-11-5-6-13(12(2)8-11)25-19(28)15-10-18-24-14(16-4-3-7-29-16)9-17(20(21,22)23)27(18)26-15/h3-10H,1-2H3,(H,25,28). The third-order valence-electron chi connectivity index (χ3n) is 4.35. The van der Waals surface area contributed by atoms with Crippen LogP contribution < -0.4 is 5.32 Å². The van der Waals surface area contributed by atoms with Crippen LogP contribution in [-0.4, -0.2) is 20.5 Å². The molecule has 3 heterocycles. The first kappa shape index (κ1) is 18.7. The summed E-state index contributed by atoms with van der Waals surface area (Å²) in [5.41, 5.74) is 1.05. The smallest absolute Gasteiger partial charge is 0.433 e. The Kier molecular flexibility index (Phi) is 4.37. The summed E-state index contributed by atoms with van der Waals surface area (Å²) in [6.07, 6.45) is -3.36. The Morgan fingerprint density at radius 3 is 2.59 bits per heavy atom. The fourth-order valence-corrected chi connectivity index (χ4v) is 2.98. The lowest BCUT2D eigenvalue weighted by Crippen LogP contribution is -2.16. The predicted octanol–water partition coefficient (Wildman–Crippen LogP) is 4.88. The lowest BCUT2D eigenvalue weighted by atomic mass is 10.1. The molecule has 0 saturated carbocycles. The molecule has 4 aromatic rings. The lowest BCUT2D eigenvalue weighted by molar-refractivity contribution is -0.142. The van der Waals surface area contributed by atoms with Gasteiger partial charge in [-0.25, -0.2) is 9.50 Å². The van der Waals surface area contributed by atoms with Gasteiger partial charge < -0.3 is 9.73 Å². The van der Waals surface area contributed by atoms with Gasteiger partial charge in [-0.15, -0.1) is 0 Å². The number of hydrogen-bond donors (Lipinski definition) is 1. The summed E-state index contributed by atoms with van der Waals surface area (Å²) in [6.45, 7) is 3.74. The van der Waals surface area contributed by atoms with E-state index in [1.165, 1.54) is 18.4 Å². The molecule has 1 amide bonds. The summed E-state index contributed by atoms with van der Waals surface area (Å²) in [4.78, 5) is 16.7. The van der Waals surface area contributed by atoms with Crippen LogP contribution >= 0.6 is 0 Å². The topological polar surface area (TPSA) is 72.4 Å². The zero-order valence-corrected chi connectivity index (χ0v) is 15.4. The number of rotatable bonds is 3. The minimum absolute atomic E-state index is 0.00365. The van der Waals surface area contributed by atoms with Crippen LogP contribution in [0.3, 0.4) is 0 Å². The molecule has 9 heteroatoms. The molecule has 0 spiro atoms. The molecule has 0 saturated heterocycles. The maximum atomic E-state index is 13.6. The van der Waals surface area contributed by atoms with Gasteiger partial charge in [0, 0.05) is 11.8 Å². The summed E-state index contributed by atoms with van der Waals surface area (Å²) in [5, 5.41) is 6.51. The van der Waals surface area contributed by atoms with Gasteiger partial charge in [0.1, 0.15) is 5.69 Å². The normalized spacial score (nSPS) is 11.8. The molecular weight excluding hydrogens is 385 g/mol. The third kappa shape index (κ3) is 3.58. The van der Waals surface area contributed by atoms with Gasteiger partial charge >= 0.3 is 6.18 Å². The van der Waals surface area contributed by atoms with Crippen LogP contribution in [0.25, 0.3) is 17.1 Å². The van der Waals surface area contributed by atoms with Crippen molar-refractivity contribution in [2.24, 2.45) is 0 Å². The Bertz CT molecular complexity index is 1210. The molecule has 0 atom stereocenters. The SMILES string of the molecule is Cc1ccc(NC(=O)c2cc3nc(-c4ccco4)cc(C(F)(F)F)n3n2)c(C)c1. The highest BCUT2D eigenvalue weighted by atomic mass is 19.4. The maximum absolute atomic E-state index is 13.6. The number of halogens is 3. The fraction of sp³-hybridized carbons (Fsp3) is 0.150. The highest BCUT2D eigenvalue weighted by Gasteiger charge is 2.36. The van der Waals surface area contributed by atoms with Crippen LogP contribution in [0, 0.1) is 13.8 Å². The van der Waals surface area contributed by atoms with Crippen molar-refractivity contribution in [2.45, 2.75) is 20.0 Å². The van der Waals surface area contributed by atoms with Crippen molar-refractivity contribution in [2.75, 3.05) is 5.32 Å². The second-order valence-corrected chi connectivity index (χ2v) is 6.57. The second-order valence-electron chi connectivity index (χ2n) is 6.57. The van der Waals surface area contributed by atoms with Crippen molar-refractivity contribution in [1.29, 1.82) is 0 Å². The zero-order chi connectivity index (χ0) is 20.8. The number of benzene rings is 1. The average molecular weight is 400 g/mol. The number of carbonyl (C=O) groups is 1. The molecule has 0 unspecified atom stereocenters. The Labute approximate surface area is 163 Å². The largest absolute Gasteiger partial charge is 0.463 e. The number of alkyl halides is 3. The van der Waals surface area contributed by atoms with Crippen LogP contribution in [0.5, 0.6) is 0 Å². The number of fused-ring (bicyclic) bond motifs is 1. The monoisotopic (exact) mass is 400 g/mol. The molecule has 0 bridgehead atoms. The van der Waals surface area contributed by atoms with Crippen LogP contribution in [0.2, 0.25) is 0 Å². The zero-order valence-electron chi connectivity index (χ0n) is 15.4. The van der Waals surface area contributed by atoms with E-state index < -0.39 is 17.8 Å². The van der Waals surface area contributed by atoms with Gasteiger partial charge in [0.15, 0.2) is 22.8 Å². The van der Waals surface area contributed by atoms with E-state index in [0.717, 1.165) is 17.2 Å². The minimum atomic E-state index is -4.70. The minimum Gasteiger partial charge on any atom is -0.463 e. The first-order valence-corrected chi connectivity index (χ1v) is 8.63. The van der Waals surface area contributed by atoms with Crippen molar-refractivity contribution in [3.05, 3.63) is 71.2 Å². The van der Waals surface area contributed by atoms with Gasteiger partial charge in [-0.2, -0.15) is 18.3 Å². The number of anilines is 1. The number of nitrogens with zero attached hydrogens (tertiary/aromatic N) is 3. The van der Waals surface area contributed by atoms with Crippen LogP contribution in [0.15, 0.2) is 53.1 Å². The van der Waals surface area contributed by atoms with Crippen LogP contribution in [-0.2, 0) is 6.18 Å². The molecular formula is C20H15F3N4O2. The Morgan fingerprint density at radius 2 is 1.93 bits per heavy atom. The van der Waals surface area contributed by atoms with Gasteiger partial charge in [0.2, 0.25) is 0 Å². The maximum Gasteiger partial charge on any atom is 0.433 e. The van der Waals surface area contributed by atoms with E-state index in [9.17, 15) is 18.0 Å². The van der Waals surface area contributed by atoms with Gasteiger partial charge in [-0.1, -0.05) is 17.7 Å². The van der Waals surface area contributed by atoms with Gasteiger partial charge in [0.05, 0.1) is 6.26 Å². The van der Waals surface area contributed by atoms with E-state index in [1.54, 1.807) is 12.1 Å². The van der Waals surface area contributed by atoms with Gasteiger partial charge in [-0.05, 0) is 43.7 Å². The molecule has 29 heavy (non-hydrogen) atoms. The molecule has 3 aromatic heterocycles. The molecule has 1 aromatic carbocycles. The van der Waals surface area contributed by atoms with Crippen molar-refractivity contribution < 1.29 is 22.4 Å². The predicted molar refractivity (Wildman–Crippen MR) is 99.6 cm³/mol. The van der Waals surface area contributed by atoms with Crippen molar-refractivity contribution in [3.8, 4) is 11.5 Å². The molecule has 0 fully saturated rings. The second kappa shape index (κ2) is 6.77. The van der Waals surface area contributed by atoms with E-state index in [4.69, 9.17) is 4.42 Å². The quantitative estimate of drug-likeness (QED) is 0.532. The Morgan fingerprint density at radius 1 is 1.14 bits per heavy atom. The summed E-state index contributed by atoms with van der Waals surface area (Å²) in [5.74, 6) is -0.449. The third-order valence-corrected chi connectivity index (χ3v) is 4.35. The van der Waals surface area contributed by atoms with E-state index in [-0.39, 0.29) is 22.8 Å². The molecule has 0 aliphatic heterocycles. The summed E-state index contributed by atoms with van der Waals surface area (Å²) < 4.78 is 46.5. The average Bonchev–Trinajstić information content (AvgIpc) is 3.31. The Hall–Kier alpha value is -3.62. The fourth-order valence-electron chi connectivity index (χ4n) is 2.98. The van der Waals surface area contributed by atoms with Crippen LogP contribution in [0.1, 0.15) is 27.3 Å². The molecule has 0 aliphatic carbocycles. The van der Waals surface area contributed by atoms with E-state index >= 15 is 0 Å². The number of hydrogen-bond acceptors (Lipinski definition) is 4. The molecule has 1 N–H and O–H groups in total. The van der Waals surface area contributed by atoms with E-state index in [2.05, 4.69) is 15.4 Å². The number of nitrogens with one attached hydrogen (secondary N) is 1. The van der Waals surface area contributed by atoms with Crippen molar-refractivity contribution in [3.63, 3.8) is 0 Å². The summed E-state index contributed by atoms with van der Waals surface area (Å²) >= 11 is 0. The summed E-state index contributed by atoms with van der Waals surface area (Å²) in [6, 6.07) is 10.5.